The summed E-state index contributed by atoms with van der Waals surface area (Å²) >= 11 is 0. The quantitative estimate of drug-likeness (QED) is 0.857. The SMILES string of the molecule is Cc1cc(F)cc(Nc2cnccc2C#N)c1. The molecule has 1 heterocycles. The molecule has 1 aromatic carbocycles. The molecule has 0 aliphatic rings. The maximum Gasteiger partial charge on any atom is 0.125 e. The fraction of sp³-hybridized carbons (Fsp3) is 0.0769. The van der Waals surface area contributed by atoms with Gasteiger partial charge in [0.05, 0.1) is 17.4 Å². The molecule has 0 unspecified atom stereocenters. The Bertz CT molecular complexity index is 567. The number of pyridine rings is 1. The van der Waals surface area contributed by atoms with E-state index in [1.165, 1.54) is 12.1 Å². The molecule has 17 heavy (non-hydrogen) atoms. The van der Waals surface area contributed by atoms with Crippen molar-refractivity contribution in [3.05, 3.63) is 53.6 Å². The monoisotopic (exact) mass is 227 g/mol. The molecule has 0 fully saturated rings. The molecule has 3 nitrogen and oxygen atoms in total. The molecule has 0 spiro atoms. The highest BCUT2D eigenvalue weighted by Gasteiger charge is 2.03. The first-order valence-corrected chi connectivity index (χ1v) is 5.07. The zero-order valence-corrected chi connectivity index (χ0v) is 9.24. The Balaban J connectivity index is 2.35. The van der Waals surface area contributed by atoms with Crippen LogP contribution in [0.3, 0.4) is 0 Å². The van der Waals surface area contributed by atoms with Crippen LogP contribution < -0.4 is 5.32 Å². The van der Waals surface area contributed by atoms with Crippen molar-refractivity contribution in [3.63, 3.8) is 0 Å². The van der Waals surface area contributed by atoms with Gasteiger partial charge in [-0.05, 0) is 36.8 Å². The van der Waals surface area contributed by atoms with Gasteiger partial charge in [-0.25, -0.2) is 4.39 Å². The third kappa shape index (κ3) is 2.58. The first kappa shape index (κ1) is 11.1. The first-order chi connectivity index (χ1) is 8.19. The van der Waals surface area contributed by atoms with Crippen molar-refractivity contribution in [2.75, 3.05) is 5.32 Å². The Morgan fingerprint density at radius 1 is 1.35 bits per heavy atom. The van der Waals surface area contributed by atoms with Gasteiger partial charge in [-0.2, -0.15) is 5.26 Å². The number of nitrogens with zero attached hydrogens (tertiary/aromatic N) is 2. The third-order valence-corrected chi connectivity index (χ3v) is 2.26. The molecule has 2 rings (SSSR count). The molecular weight excluding hydrogens is 217 g/mol. The first-order valence-electron chi connectivity index (χ1n) is 5.07. The highest BCUT2D eigenvalue weighted by molar-refractivity contribution is 5.65. The van der Waals surface area contributed by atoms with Crippen LogP contribution in [0.5, 0.6) is 0 Å². The molecule has 0 saturated heterocycles. The van der Waals surface area contributed by atoms with E-state index in [4.69, 9.17) is 5.26 Å². The lowest BCUT2D eigenvalue weighted by Crippen LogP contribution is -1.95. The number of nitrogens with one attached hydrogen (secondary N) is 1. The van der Waals surface area contributed by atoms with Crippen LogP contribution in [0.4, 0.5) is 15.8 Å². The topological polar surface area (TPSA) is 48.7 Å². The van der Waals surface area contributed by atoms with Gasteiger partial charge in [0.2, 0.25) is 0 Å². The summed E-state index contributed by atoms with van der Waals surface area (Å²) in [6.07, 6.45) is 3.08. The number of hydrogen-bond acceptors (Lipinski definition) is 3. The van der Waals surface area contributed by atoms with E-state index in [1.807, 2.05) is 13.0 Å². The molecule has 1 N–H and O–H groups in total. The van der Waals surface area contributed by atoms with E-state index < -0.39 is 0 Å². The number of rotatable bonds is 2. The number of halogens is 1. The zero-order valence-electron chi connectivity index (χ0n) is 9.24. The standard InChI is InChI=1S/C13H10FN3/c1-9-4-11(14)6-12(5-9)17-13-8-16-3-2-10(13)7-15/h2-6,8,17H,1H3. The highest BCUT2D eigenvalue weighted by Crippen LogP contribution is 2.21. The van der Waals surface area contributed by atoms with Crippen molar-refractivity contribution in [2.24, 2.45) is 0 Å². The molecule has 4 heteroatoms. The second-order valence-electron chi connectivity index (χ2n) is 3.68. The maximum absolute atomic E-state index is 13.2. The van der Waals surface area contributed by atoms with Crippen molar-refractivity contribution < 1.29 is 4.39 Å². The van der Waals surface area contributed by atoms with Gasteiger partial charge in [0.25, 0.3) is 0 Å². The number of aryl methyl sites for hydroxylation is 1. The minimum Gasteiger partial charge on any atom is -0.353 e. The summed E-state index contributed by atoms with van der Waals surface area (Å²) in [5.74, 6) is -0.310. The lowest BCUT2D eigenvalue weighted by Gasteiger charge is -2.08. The van der Waals surface area contributed by atoms with Crippen LogP contribution in [-0.2, 0) is 0 Å². The Labute approximate surface area is 98.5 Å². The minimum atomic E-state index is -0.310. The number of hydrogen-bond donors (Lipinski definition) is 1. The van der Waals surface area contributed by atoms with Gasteiger partial charge in [0.15, 0.2) is 0 Å². The smallest absolute Gasteiger partial charge is 0.125 e. The van der Waals surface area contributed by atoms with Gasteiger partial charge in [0.1, 0.15) is 11.9 Å². The molecule has 0 amide bonds. The van der Waals surface area contributed by atoms with E-state index in [0.29, 0.717) is 16.9 Å². The van der Waals surface area contributed by atoms with Crippen LogP contribution in [-0.4, -0.2) is 4.98 Å². The summed E-state index contributed by atoms with van der Waals surface area (Å²) in [5.41, 5.74) is 2.46. The van der Waals surface area contributed by atoms with E-state index in [1.54, 1.807) is 24.5 Å². The number of aromatic nitrogens is 1. The van der Waals surface area contributed by atoms with Gasteiger partial charge >= 0.3 is 0 Å². The van der Waals surface area contributed by atoms with Crippen molar-refractivity contribution >= 4 is 11.4 Å². The van der Waals surface area contributed by atoms with E-state index in [2.05, 4.69) is 10.3 Å². The van der Waals surface area contributed by atoms with Crippen molar-refractivity contribution in [1.82, 2.24) is 4.98 Å². The third-order valence-electron chi connectivity index (χ3n) is 2.26. The second kappa shape index (κ2) is 4.62. The molecule has 0 atom stereocenters. The van der Waals surface area contributed by atoms with Crippen molar-refractivity contribution in [3.8, 4) is 6.07 Å². The predicted molar refractivity (Wildman–Crippen MR) is 63.4 cm³/mol. The number of benzene rings is 1. The summed E-state index contributed by atoms with van der Waals surface area (Å²) in [5, 5.41) is 11.9. The number of anilines is 2. The summed E-state index contributed by atoms with van der Waals surface area (Å²) in [6, 6.07) is 8.28. The molecular formula is C13H10FN3. The molecule has 84 valence electrons. The largest absolute Gasteiger partial charge is 0.353 e. The van der Waals surface area contributed by atoms with Gasteiger partial charge in [-0.15, -0.1) is 0 Å². The van der Waals surface area contributed by atoms with Gasteiger partial charge in [-0.3, -0.25) is 4.98 Å². The summed E-state index contributed by atoms with van der Waals surface area (Å²) in [6.45, 7) is 1.81. The Morgan fingerprint density at radius 3 is 2.88 bits per heavy atom. The lowest BCUT2D eigenvalue weighted by atomic mass is 10.2. The lowest BCUT2D eigenvalue weighted by molar-refractivity contribution is 0.627. The van der Waals surface area contributed by atoms with E-state index >= 15 is 0 Å². The Hall–Kier alpha value is -2.41. The molecule has 0 aliphatic heterocycles. The molecule has 0 radical (unpaired) electrons. The van der Waals surface area contributed by atoms with Crippen molar-refractivity contribution in [2.45, 2.75) is 6.92 Å². The van der Waals surface area contributed by atoms with Crippen LogP contribution in [0.15, 0.2) is 36.7 Å². The van der Waals surface area contributed by atoms with Gasteiger partial charge < -0.3 is 5.32 Å². The molecule has 1 aromatic heterocycles. The molecule has 0 aliphatic carbocycles. The fourth-order valence-electron chi connectivity index (χ4n) is 1.56. The highest BCUT2D eigenvalue weighted by atomic mass is 19.1. The Kier molecular flexibility index (Phi) is 3.01. The van der Waals surface area contributed by atoms with E-state index in [0.717, 1.165) is 5.56 Å². The maximum atomic E-state index is 13.2. The Morgan fingerprint density at radius 2 is 2.18 bits per heavy atom. The van der Waals surface area contributed by atoms with Gasteiger partial charge in [-0.1, -0.05) is 0 Å². The van der Waals surface area contributed by atoms with Crippen LogP contribution in [0.1, 0.15) is 11.1 Å². The number of nitriles is 1. The van der Waals surface area contributed by atoms with Crippen LogP contribution in [0, 0.1) is 24.1 Å². The van der Waals surface area contributed by atoms with Crippen LogP contribution in [0.25, 0.3) is 0 Å². The predicted octanol–water partition coefficient (Wildman–Crippen LogP) is 3.14. The molecule has 0 bridgehead atoms. The second-order valence-corrected chi connectivity index (χ2v) is 3.68. The zero-order chi connectivity index (χ0) is 12.3. The van der Waals surface area contributed by atoms with Crippen LogP contribution >= 0.6 is 0 Å². The van der Waals surface area contributed by atoms with Gasteiger partial charge in [0, 0.05) is 11.9 Å². The average molecular weight is 227 g/mol. The summed E-state index contributed by atoms with van der Waals surface area (Å²) in [7, 11) is 0. The molecule has 2 aromatic rings. The summed E-state index contributed by atoms with van der Waals surface area (Å²) < 4.78 is 13.2. The summed E-state index contributed by atoms with van der Waals surface area (Å²) in [4.78, 5) is 3.93. The molecule has 0 saturated carbocycles. The van der Waals surface area contributed by atoms with Crippen molar-refractivity contribution in [1.29, 1.82) is 5.26 Å². The van der Waals surface area contributed by atoms with E-state index in [9.17, 15) is 4.39 Å². The minimum absolute atomic E-state index is 0.310. The fourth-order valence-corrected chi connectivity index (χ4v) is 1.56. The normalized spacial score (nSPS) is 9.71. The van der Waals surface area contributed by atoms with E-state index in [-0.39, 0.29) is 5.82 Å². The van der Waals surface area contributed by atoms with Crippen LogP contribution in [0.2, 0.25) is 0 Å². The average Bonchev–Trinajstić information content (AvgIpc) is 2.28.